The lowest BCUT2D eigenvalue weighted by Gasteiger charge is -2.17. The van der Waals surface area contributed by atoms with E-state index in [2.05, 4.69) is 0 Å². The smallest absolute Gasteiger partial charge is 0.241 e. The summed E-state index contributed by atoms with van der Waals surface area (Å²) in [6.45, 7) is 1.46. The fourth-order valence-electron chi connectivity index (χ4n) is 2.94. The lowest BCUT2D eigenvalue weighted by atomic mass is 10.1. The fourth-order valence-corrected chi connectivity index (χ4v) is 7.08. The highest BCUT2D eigenvalue weighted by molar-refractivity contribution is 7.92. The van der Waals surface area contributed by atoms with E-state index in [0.717, 1.165) is 12.3 Å². The van der Waals surface area contributed by atoms with E-state index in [4.69, 9.17) is 4.52 Å². The zero-order chi connectivity index (χ0) is 23.8. The van der Waals surface area contributed by atoms with Crippen LogP contribution >= 0.6 is 8.03 Å². The molecule has 0 bridgehead atoms. The molecule has 0 aliphatic carbocycles. The van der Waals surface area contributed by atoms with Crippen molar-refractivity contribution in [2.45, 2.75) is 28.0 Å². The first kappa shape index (κ1) is 25.1. The van der Waals surface area contributed by atoms with Gasteiger partial charge in [0.15, 0.2) is 29.5 Å². The van der Waals surface area contributed by atoms with E-state index >= 15 is 0 Å². The minimum Gasteiger partial charge on any atom is -0.241 e. The van der Waals surface area contributed by atoms with Gasteiger partial charge in [0, 0.05) is 18.8 Å². The van der Waals surface area contributed by atoms with E-state index in [1.165, 1.54) is 31.2 Å². The quantitative estimate of drug-likeness (QED) is 0.511. The predicted octanol–water partition coefficient (Wildman–Crippen LogP) is 1.68. The molecule has 1 unspecified atom stereocenters. The van der Waals surface area contributed by atoms with Crippen LogP contribution in [0.2, 0.25) is 0 Å². The van der Waals surface area contributed by atoms with Crippen molar-refractivity contribution in [1.82, 2.24) is 0 Å². The number of carbonyl (C=O) groups excluding carboxylic acids is 1. The van der Waals surface area contributed by atoms with Crippen molar-refractivity contribution < 1.29 is 39.1 Å². The zero-order valence-electron chi connectivity index (χ0n) is 17.0. The summed E-state index contributed by atoms with van der Waals surface area (Å²) in [5.41, 5.74) is -1.12. The van der Waals surface area contributed by atoms with Crippen LogP contribution in [0.25, 0.3) is 0 Å². The largest absolute Gasteiger partial charge is 0.600 e. The van der Waals surface area contributed by atoms with Gasteiger partial charge in [0.2, 0.25) is 5.30 Å². The maximum Gasteiger partial charge on any atom is 0.600 e. The van der Waals surface area contributed by atoms with Crippen molar-refractivity contribution >= 4 is 48.8 Å². The third-order valence-corrected chi connectivity index (χ3v) is 8.70. The molecule has 0 saturated carbocycles. The predicted molar refractivity (Wildman–Crippen MR) is 114 cm³/mol. The number of rotatable bonds is 7. The average Bonchev–Trinajstić information content (AvgIpc) is 2.64. The third kappa shape index (κ3) is 5.57. The Hall–Kier alpha value is -2.14. The van der Waals surface area contributed by atoms with Gasteiger partial charge in [-0.05, 0) is 34.7 Å². The number of hydrogen-bond acceptors (Lipinski definition) is 9. The Kier molecular flexibility index (Phi) is 7.11. The Morgan fingerprint density at radius 1 is 0.871 bits per heavy atom. The van der Waals surface area contributed by atoms with Gasteiger partial charge in [0.05, 0.1) is 14.7 Å². The summed E-state index contributed by atoms with van der Waals surface area (Å²) in [6.07, 6.45) is 2.07. The van der Waals surface area contributed by atoms with Crippen molar-refractivity contribution in [2.75, 3.05) is 18.8 Å². The molecule has 0 N–H and O–H groups in total. The van der Waals surface area contributed by atoms with Crippen molar-refractivity contribution in [3.8, 4) is 0 Å². The standard InChI is InChI=1S/C18H20O9PS3/c1-5-13-14(29(2,21)22)11-15(30(3,23)24)16(17(13)31(4,25)26)18(19)27-28(20)12-9-7-6-8-10-12/h6-11H,5H2,1-4H3/q+1. The minimum absolute atomic E-state index is 0.121. The van der Waals surface area contributed by atoms with Crippen LogP contribution in [0.4, 0.5) is 0 Å². The van der Waals surface area contributed by atoms with E-state index in [-0.39, 0.29) is 17.3 Å². The second-order valence-corrected chi connectivity index (χ2v) is 13.8. The lowest BCUT2D eigenvalue weighted by molar-refractivity contribution is 0.0743. The molecule has 0 amide bonds. The molecule has 2 aromatic carbocycles. The first-order valence-electron chi connectivity index (χ1n) is 8.63. The Bertz CT molecular complexity index is 1380. The van der Waals surface area contributed by atoms with Gasteiger partial charge in [0.1, 0.15) is 5.56 Å². The summed E-state index contributed by atoms with van der Waals surface area (Å²) in [5.74, 6) is -1.46. The molecule has 2 aromatic rings. The fraction of sp³-hybridized carbons (Fsp3) is 0.278. The van der Waals surface area contributed by atoms with Crippen molar-refractivity contribution in [1.29, 1.82) is 0 Å². The lowest BCUT2D eigenvalue weighted by Crippen LogP contribution is -2.20. The molecule has 0 aliphatic heterocycles. The Morgan fingerprint density at radius 2 is 1.39 bits per heavy atom. The van der Waals surface area contributed by atoms with Gasteiger partial charge in [0.25, 0.3) is 0 Å². The number of carbonyl (C=O) groups is 1. The van der Waals surface area contributed by atoms with Gasteiger partial charge in [-0.15, -0.1) is 0 Å². The number of hydrogen-bond donors (Lipinski definition) is 0. The van der Waals surface area contributed by atoms with Gasteiger partial charge in [-0.1, -0.05) is 25.1 Å². The van der Waals surface area contributed by atoms with Gasteiger partial charge < -0.3 is 0 Å². The Labute approximate surface area is 182 Å². The molecule has 31 heavy (non-hydrogen) atoms. The molecular formula is C18H20O9PS3+. The topological polar surface area (TPSA) is 146 Å². The summed E-state index contributed by atoms with van der Waals surface area (Å²) in [7, 11) is -15.5. The number of sulfone groups is 3. The molecule has 13 heteroatoms. The van der Waals surface area contributed by atoms with Crippen LogP contribution in [-0.4, -0.2) is 50.0 Å². The first-order valence-corrected chi connectivity index (χ1v) is 15.5. The molecule has 0 radical (unpaired) electrons. The minimum atomic E-state index is -4.31. The second-order valence-electron chi connectivity index (χ2n) is 6.70. The van der Waals surface area contributed by atoms with Crippen LogP contribution in [0.5, 0.6) is 0 Å². The maximum atomic E-state index is 12.9. The van der Waals surface area contributed by atoms with Crippen LogP contribution in [0.1, 0.15) is 22.8 Å². The number of benzene rings is 2. The van der Waals surface area contributed by atoms with Crippen molar-refractivity contribution in [3.63, 3.8) is 0 Å². The van der Waals surface area contributed by atoms with E-state index in [0.29, 0.717) is 12.5 Å². The van der Waals surface area contributed by atoms with Crippen LogP contribution in [0.15, 0.2) is 51.1 Å². The molecule has 0 saturated heterocycles. The zero-order valence-corrected chi connectivity index (χ0v) is 20.4. The molecule has 0 aliphatic rings. The molecule has 168 valence electrons. The summed E-state index contributed by atoms with van der Waals surface area (Å²) in [6, 6.07) is 8.27. The van der Waals surface area contributed by atoms with Crippen LogP contribution < -0.4 is 5.30 Å². The monoisotopic (exact) mass is 507 g/mol. The summed E-state index contributed by atoms with van der Waals surface area (Å²) in [5, 5.41) is 0.121. The molecular weight excluding hydrogens is 487 g/mol. The highest BCUT2D eigenvalue weighted by atomic mass is 32.2. The van der Waals surface area contributed by atoms with E-state index < -0.39 is 63.8 Å². The summed E-state index contributed by atoms with van der Waals surface area (Å²) in [4.78, 5) is 10.8. The van der Waals surface area contributed by atoms with Crippen molar-refractivity contribution in [3.05, 3.63) is 47.5 Å². The van der Waals surface area contributed by atoms with Crippen LogP contribution in [0, 0.1) is 0 Å². The van der Waals surface area contributed by atoms with E-state index in [1.54, 1.807) is 6.07 Å². The second kappa shape index (κ2) is 8.78. The van der Waals surface area contributed by atoms with Crippen LogP contribution in [-0.2, 0) is 45.0 Å². The third-order valence-electron chi connectivity index (χ3n) is 4.17. The molecule has 1 atom stereocenters. The molecule has 9 nitrogen and oxygen atoms in total. The molecule has 2 rings (SSSR count). The highest BCUT2D eigenvalue weighted by Gasteiger charge is 2.38. The van der Waals surface area contributed by atoms with E-state index in [9.17, 15) is 34.6 Å². The SMILES string of the molecule is CCc1c(S(C)(=O)=O)cc(S(C)(=O)=O)c(C(=O)O[P+](=O)c2ccccc2)c1S(C)(=O)=O. The summed E-state index contributed by atoms with van der Waals surface area (Å²) < 4.78 is 91.8. The normalized spacial score (nSPS) is 13.0. The van der Waals surface area contributed by atoms with Gasteiger partial charge in [-0.2, -0.15) is 0 Å². The highest BCUT2D eigenvalue weighted by Crippen LogP contribution is 2.36. The first-order chi connectivity index (χ1) is 14.1. The molecule has 0 heterocycles. The van der Waals surface area contributed by atoms with Gasteiger partial charge in [-0.3, -0.25) is 0 Å². The Morgan fingerprint density at radius 3 is 1.81 bits per heavy atom. The average molecular weight is 508 g/mol. The van der Waals surface area contributed by atoms with Gasteiger partial charge in [-0.25, -0.2) is 34.6 Å². The molecule has 0 fully saturated rings. The maximum absolute atomic E-state index is 12.9. The Balaban J connectivity index is 2.93. The molecule has 0 spiro atoms. The van der Waals surface area contributed by atoms with Crippen LogP contribution in [0.3, 0.4) is 0 Å². The van der Waals surface area contributed by atoms with Crippen molar-refractivity contribution in [2.24, 2.45) is 0 Å². The summed E-state index contributed by atoms with van der Waals surface area (Å²) >= 11 is 0. The molecule has 0 aromatic heterocycles. The van der Waals surface area contributed by atoms with E-state index in [1.807, 2.05) is 0 Å². The van der Waals surface area contributed by atoms with Gasteiger partial charge >= 0.3 is 14.0 Å².